The highest BCUT2D eigenvalue weighted by Crippen LogP contribution is 2.12. The number of nitrogens with zero attached hydrogens (tertiary/aromatic N) is 1. The van der Waals surface area contributed by atoms with Crippen molar-refractivity contribution >= 4 is 11.9 Å². The van der Waals surface area contributed by atoms with Crippen molar-refractivity contribution in [3.8, 4) is 0 Å². The Labute approximate surface area is 111 Å². The number of halogens is 1. The molecule has 0 radical (unpaired) electrons. The molecule has 0 aliphatic rings. The van der Waals surface area contributed by atoms with Gasteiger partial charge in [0.05, 0.1) is 5.92 Å². The second-order valence-corrected chi connectivity index (χ2v) is 4.55. The van der Waals surface area contributed by atoms with Crippen molar-refractivity contribution in [1.29, 1.82) is 0 Å². The number of carboxylic acid groups (broad SMARTS) is 1. The van der Waals surface area contributed by atoms with E-state index in [0.29, 0.717) is 12.1 Å². The molecule has 104 valence electrons. The van der Waals surface area contributed by atoms with Gasteiger partial charge in [-0.1, -0.05) is 13.0 Å². The highest BCUT2D eigenvalue weighted by Gasteiger charge is 2.20. The van der Waals surface area contributed by atoms with Gasteiger partial charge in [0.25, 0.3) is 5.91 Å². The van der Waals surface area contributed by atoms with E-state index in [1.807, 2.05) is 0 Å². The first kappa shape index (κ1) is 15.1. The minimum atomic E-state index is -0.957. The molecule has 0 aromatic heterocycles. The number of carboxylic acids is 1. The summed E-state index contributed by atoms with van der Waals surface area (Å²) in [6.07, 6.45) is 0. The van der Waals surface area contributed by atoms with Crippen molar-refractivity contribution in [2.45, 2.75) is 20.8 Å². The van der Waals surface area contributed by atoms with Gasteiger partial charge >= 0.3 is 5.97 Å². The summed E-state index contributed by atoms with van der Waals surface area (Å²) in [4.78, 5) is 24.4. The van der Waals surface area contributed by atoms with Gasteiger partial charge < -0.3 is 10.0 Å². The maximum Gasteiger partial charge on any atom is 0.308 e. The number of benzene rings is 1. The summed E-state index contributed by atoms with van der Waals surface area (Å²) >= 11 is 0. The molecule has 4 nitrogen and oxygen atoms in total. The standard InChI is InChI=1S/C14H18FNO3/c1-4-16(8-10(3)14(18)19)13(17)11-6-5-9(2)12(15)7-11/h5-7,10H,4,8H2,1-3H3,(H,18,19). The van der Waals surface area contributed by atoms with Crippen molar-refractivity contribution in [2.24, 2.45) is 5.92 Å². The van der Waals surface area contributed by atoms with E-state index in [9.17, 15) is 14.0 Å². The molecular formula is C14H18FNO3. The molecule has 1 aromatic carbocycles. The van der Waals surface area contributed by atoms with Gasteiger partial charge in [0.1, 0.15) is 5.82 Å². The van der Waals surface area contributed by atoms with Crippen molar-refractivity contribution in [3.63, 3.8) is 0 Å². The molecule has 1 aromatic rings. The Hall–Kier alpha value is -1.91. The van der Waals surface area contributed by atoms with Crippen LogP contribution in [0.3, 0.4) is 0 Å². The first-order valence-corrected chi connectivity index (χ1v) is 6.15. The van der Waals surface area contributed by atoms with Crippen LogP contribution in [0.25, 0.3) is 0 Å². The van der Waals surface area contributed by atoms with Crippen LogP contribution < -0.4 is 0 Å². The molecule has 0 aliphatic carbocycles. The molecule has 1 unspecified atom stereocenters. The first-order valence-electron chi connectivity index (χ1n) is 6.15. The summed E-state index contributed by atoms with van der Waals surface area (Å²) in [5.74, 6) is -2.40. The second-order valence-electron chi connectivity index (χ2n) is 4.55. The number of amides is 1. The molecule has 0 saturated carbocycles. The molecule has 5 heteroatoms. The molecule has 1 atom stereocenters. The quantitative estimate of drug-likeness (QED) is 0.890. The fourth-order valence-electron chi connectivity index (χ4n) is 1.67. The number of aryl methyl sites for hydroxylation is 1. The molecule has 0 saturated heterocycles. The number of aliphatic carboxylic acids is 1. The monoisotopic (exact) mass is 267 g/mol. The summed E-state index contributed by atoms with van der Waals surface area (Å²) in [7, 11) is 0. The molecule has 19 heavy (non-hydrogen) atoms. The van der Waals surface area contributed by atoms with Crippen molar-refractivity contribution in [2.75, 3.05) is 13.1 Å². The molecule has 0 fully saturated rings. The second kappa shape index (κ2) is 6.31. The normalized spacial score (nSPS) is 12.0. The van der Waals surface area contributed by atoms with Crippen LogP contribution >= 0.6 is 0 Å². The third-order valence-electron chi connectivity index (χ3n) is 3.00. The third kappa shape index (κ3) is 3.77. The fraction of sp³-hybridized carbons (Fsp3) is 0.429. The Morgan fingerprint density at radius 3 is 2.53 bits per heavy atom. The predicted molar refractivity (Wildman–Crippen MR) is 69.5 cm³/mol. The van der Waals surface area contributed by atoms with Crippen LogP contribution in [0.2, 0.25) is 0 Å². The number of hydrogen-bond donors (Lipinski definition) is 1. The lowest BCUT2D eigenvalue weighted by atomic mass is 10.1. The summed E-state index contributed by atoms with van der Waals surface area (Å²) in [6.45, 7) is 5.41. The maximum absolute atomic E-state index is 13.4. The van der Waals surface area contributed by atoms with Gasteiger partial charge in [-0.25, -0.2) is 4.39 Å². The van der Waals surface area contributed by atoms with Crippen LogP contribution in [-0.4, -0.2) is 35.0 Å². The lowest BCUT2D eigenvalue weighted by Gasteiger charge is -2.23. The molecule has 0 spiro atoms. The molecular weight excluding hydrogens is 249 g/mol. The largest absolute Gasteiger partial charge is 0.481 e. The Balaban J connectivity index is 2.89. The predicted octanol–water partition coefficient (Wildman–Crippen LogP) is 2.32. The van der Waals surface area contributed by atoms with Gasteiger partial charge in [0, 0.05) is 18.7 Å². The summed E-state index contributed by atoms with van der Waals surface area (Å²) in [5, 5.41) is 8.86. The van der Waals surface area contributed by atoms with Gasteiger partial charge in [0.2, 0.25) is 0 Å². The van der Waals surface area contributed by atoms with E-state index in [1.54, 1.807) is 19.9 Å². The average Bonchev–Trinajstić information content (AvgIpc) is 2.37. The van der Waals surface area contributed by atoms with Crippen molar-refractivity contribution in [1.82, 2.24) is 4.90 Å². The van der Waals surface area contributed by atoms with Gasteiger partial charge in [-0.3, -0.25) is 9.59 Å². The van der Waals surface area contributed by atoms with Crippen LogP contribution in [0.15, 0.2) is 18.2 Å². The van der Waals surface area contributed by atoms with E-state index in [-0.39, 0.29) is 18.0 Å². The summed E-state index contributed by atoms with van der Waals surface area (Å²) in [5.41, 5.74) is 0.709. The van der Waals surface area contributed by atoms with Crippen molar-refractivity contribution in [3.05, 3.63) is 35.1 Å². The first-order chi connectivity index (χ1) is 8.86. The van der Waals surface area contributed by atoms with E-state index in [0.717, 1.165) is 0 Å². The number of hydrogen-bond acceptors (Lipinski definition) is 2. The van der Waals surface area contributed by atoms with E-state index in [1.165, 1.54) is 24.0 Å². The lowest BCUT2D eigenvalue weighted by Crippen LogP contribution is -2.36. The third-order valence-corrected chi connectivity index (χ3v) is 3.00. The van der Waals surface area contributed by atoms with Crippen LogP contribution in [-0.2, 0) is 4.79 Å². The van der Waals surface area contributed by atoms with Gasteiger partial charge in [-0.15, -0.1) is 0 Å². The van der Waals surface area contributed by atoms with Crippen LogP contribution in [0.5, 0.6) is 0 Å². The molecule has 0 aliphatic heterocycles. The van der Waals surface area contributed by atoms with Crippen LogP contribution in [0.1, 0.15) is 29.8 Å². The average molecular weight is 267 g/mol. The molecule has 1 amide bonds. The van der Waals surface area contributed by atoms with Gasteiger partial charge in [0.15, 0.2) is 0 Å². The van der Waals surface area contributed by atoms with E-state index < -0.39 is 17.7 Å². The Morgan fingerprint density at radius 1 is 1.42 bits per heavy atom. The van der Waals surface area contributed by atoms with Crippen LogP contribution in [0.4, 0.5) is 4.39 Å². The fourth-order valence-corrected chi connectivity index (χ4v) is 1.67. The summed E-state index contributed by atoms with van der Waals surface area (Å²) in [6, 6.07) is 4.28. The lowest BCUT2D eigenvalue weighted by molar-refractivity contribution is -0.141. The zero-order valence-corrected chi connectivity index (χ0v) is 11.3. The molecule has 0 bridgehead atoms. The van der Waals surface area contributed by atoms with Crippen molar-refractivity contribution < 1.29 is 19.1 Å². The Bertz CT molecular complexity index is 488. The van der Waals surface area contributed by atoms with Gasteiger partial charge in [-0.05, 0) is 31.5 Å². The molecule has 1 rings (SSSR count). The minimum absolute atomic E-state index is 0.111. The Morgan fingerprint density at radius 2 is 2.05 bits per heavy atom. The topological polar surface area (TPSA) is 57.6 Å². The smallest absolute Gasteiger partial charge is 0.308 e. The van der Waals surface area contributed by atoms with E-state index in [2.05, 4.69) is 0 Å². The van der Waals surface area contributed by atoms with Crippen LogP contribution in [0, 0.1) is 18.7 Å². The van der Waals surface area contributed by atoms with E-state index in [4.69, 9.17) is 5.11 Å². The maximum atomic E-state index is 13.4. The molecule has 0 heterocycles. The number of carbonyl (C=O) groups excluding carboxylic acids is 1. The summed E-state index contributed by atoms with van der Waals surface area (Å²) < 4.78 is 13.4. The minimum Gasteiger partial charge on any atom is -0.481 e. The highest BCUT2D eigenvalue weighted by molar-refractivity contribution is 5.94. The molecule has 1 N–H and O–H groups in total. The number of carbonyl (C=O) groups is 2. The zero-order chi connectivity index (χ0) is 14.6. The Kier molecular flexibility index (Phi) is 5.03. The van der Waals surface area contributed by atoms with E-state index >= 15 is 0 Å². The number of rotatable bonds is 5. The van der Waals surface area contributed by atoms with Gasteiger partial charge in [-0.2, -0.15) is 0 Å². The zero-order valence-electron chi connectivity index (χ0n) is 11.3. The highest BCUT2D eigenvalue weighted by atomic mass is 19.1. The SMILES string of the molecule is CCN(CC(C)C(=O)O)C(=O)c1ccc(C)c(F)c1.